The van der Waals surface area contributed by atoms with Crippen LogP contribution in [0.3, 0.4) is 0 Å². The first-order valence-corrected chi connectivity index (χ1v) is 10.7. The third kappa shape index (κ3) is 4.13. The van der Waals surface area contributed by atoms with Crippen LogP contribution in [0.2, 0.25) is 0 Å². The van der Waals surface area contributed by atoms with Crippen LogP contribution >= 0.6 is 0 Å². The van der Waals surface area contributed by atoms with E-state index in [0.717, 1.165) is 27.9 Å². The second kappa shape index (κ2) is 7.81. The van der Waals surface area contributed by atoms with Crippen LogP contribution in [0.15, 0.2) is 47.3 Å². The summed E-state index contributed by atoms with van der Waals surface area (Å²) in [5.41, 5.74) is 9.75. The number of halogens is 1. The first-order valence-electron chi connectivity index (χ1n) is 8.85. The Morgan fingerprint density at radius 2 is 1.93 bits per heavy atom. The summed E-state index contributed by atoms with van der Waals surface area (Å²) in [4.78, 5) is 9.11. The Labute approximate surface area is 163 Å². The fraction of sp³-hybridized carbons (Fsp3) is 0.300. The molecule has 0 spiro atoms. The Bertz CT molecular complexity index is 1150. The summed E-state index contributed by atoms with van der Waals surface area (Å²) in [5, 5.41) is 0. The maximum absolute atomic E-state index is 14.1. The van der Waals surface area contributed by atoms with Crippen LogP contribution in [-0.2, 0) is 22.8 Å². The van der Waals surface area contributed by atoms with Crippen LogP contribution in [0.1, 0.15) is 22.6 Å². The van der Waals surface area contributed by atoms with Gasteiger partial charge in [0.1, 0.15) is 11.7 Å². The third-order valence-electron chi connectivity index (χ3n) is 4.69. The van der Waals surface area contributed by atoms with Crippen LogP contribution in [0.25, 0.3) is 11.0 Å². The topological polar surface area (TPSA) is 90.9 Å². The highest BCUT2D eigenvalue weighted by Crippen LogP contribution is 2.28. The maximum Gasteiger partial charge on any atom is 0.175 e. The van der Waals surface area contributed by atoms with Gasteiger partial charge in [0, 0.05) is 30.5 Å². The number of nitrogens with zero attached hydrogens (tertiary/aromatic N) is 3. The zero-order chi connectivity index (χ0) is 20.5. The van der Waals surface area contributed by atoms with E-state index in [2.05, 4.69) is 9.97 Å². The van der Waals surface area contributed by atoms with E-state index >= 15 is 0 Å². The van der Waals surface area contributed by atoms with Crippen LogP contribution in [0.5, 0.6) is 0 Å². The molecule has 0 aliphatic rings. The summed E-state index contributed by atoms with van der Waals surface area (Å²) in [6, 6.07) is 6.79. The molecule has 0 aliphatic heterocycles. The zero-order valence-corrected chi connectivity index (χ0v) is 16.9. The van der Waals surface area contributed by atoms with Crippen molar-refractivity contribution < 1.29 is 12.8 Å². The number of aromatic nitrogens is 3. The van der Waals surface area contributed by atoms with Crippen molar-refractivity contribution in [3.05, 3.63) is 65.0 Å². The molecular weight excluding hydrogens is 379 g/mol. The lowest BCUT2D eigenvalue weighted by Crippen LogP contribution is -2.04. The average molecular weight is 402 g/mol. The summed E-state index contributed by atoms with van der Waals surface area (Å²) in [6.07, 6.45) is 4.79. The molecule has 2 aromatic heterocycles. The van der Waals surface area contributed by atoms with Crippen molar-refractivity contribution in [2.45, 2.75) is 31.7 Å². The van der Waals surface area contributed by atoms with Gasteiger partial charge in [-0.05, 0) is 37.6 Å². The lowest BCUT2D eigenvalue weighted by molar-refractivity contribution is 0.554. The van der Waals surface area contributed by atoms with Crippen LogP contribution in [-0.4, -0.2) is 35.8 Å². The largest absolute Gasteiger partial charge is 0.335 e. The van der Waals surface area contributed by atoms with E-state index in [0.29, 0.717) is 12.2 Å². The third-order valence-corrected chi connectivity index (χ3v) is 5.82. The Balaban J connectivity index is 2.06. The number of hydrogen-bond acceptors (Lipinski definition) is 5. The maximum atomic E-state index is 14.1. The van der Waals surface area contributed by atoms with Crippen molar-refractivity contribution in [1.29, 1.82) is 0 Å². The van der Waals surface area contributed by atoms with E-state index in [9.17, 15) is 12.8 Å². The Kier molecular flexibility index (Phi) is 5.62. The molecule has 0 fully saturated rings. The van der Waals surface area contributed by atoms with E-state index in [1.54, 1.807) is 30.5 Å². The summed E-state index contributed by atoms with van der Waals surface area (Å²) in [7, 11) is -3.24. The lowest BCUT2D eigenvalue weighted by Gasteiger charge is -2.07. The minimum atomic E-state index is -3.24. The molecule has 1 aromatic carbocycles. The van der Waals surface area contributed by atoms with Gasteiger partial charge in [-0.1, -0.05) is 12.1 Å². The molecule has 3 rings (SSSR count). The zero-order valence-electron chi connectivity index (χ0n) is 16.1. The number of aryl methyl sites for hydroxylation is 1. The second-order valence-electron chi connectivity index (χ2n) is 6.78. The Hall–Kier alpha value is -2.58. The fourth-order valence-electron chi connectivity index (χ4n) is 3.22. The quantitative estimate of drug-likeness (QED) is 0.685. The second-order valence-corrected chi connectivity index (χ2v) is 8.80. The number of hydrogen-bond donors (Lipinski definition) is 1. The SMILES string of the molecule is Cc1ncc2c(n1)c(Cc1ccc(S(C)(=O)=O)cc1)c(C)n2CC(F)=CCN. The lowest BCUT2D eigenvalue weighted by atomic mass is 10.0. The molecule has 148 valence electrons. The van der Waals surface area contributed by atoms with Gasteiger partial charge < -0.3 is 10.3 Å². The highest BCUT2D eigenvalue weighted by atomic mass is 32.2. The first-order chi connectivity index (χ1) is 13.2. The van der Waals surface area contributed by atoms with Gasteiger partial charge in [0.25, 0.3) is 0 Å². The van der Waals surface area contributed by atoms with Gasteiger partial charge in [-0.15, -0.1) is 0 Å². The Morgan fingerprint density at radius 3 is 2.54 bits per heavy atom. The predicted molar refractivity (Wildman–Crippen MR) is 108 cm³/mol. The van der Waals surface area contributed by atoms with E-state index in [4.69, 9.17) is 5.73 Å². The molecule has 0 saturated heterocycles. The number of rotatable bonds is 6. The van der Waals surface area contributed by atoms with Crippen molar-refractivity contribution >= 4 is 20.9 Å². The first kappa shape index (κ1) is 20.2. The minimum absolute atomic E-state index is 0.0684. The van der Waals surface area contributed by atoms with E-state index in [-0.39, 0.29) is 23.8 Å². The summed E-state index contributed by atoms with van der Waals surface area (Å²) < 4.78 is 39.3. The van der Waals surface area contributed by atoms with Gasteiger partial charge in [0.05, 0.1) is 28.7 Å². The molecule has 0 bridgehead atoms. The molecule has 28 heavy (non-hydrogen) atoms. The van der Waals surface area contributed by atoms with Gasteiger partial charge in [-0.25, -0.2) is 22.8 Å². The standard InChI is InChI=1S/C20H23FN4O2S/c1-13-18(10-15-4-6-17(7-5-15)28(3,26)27)20-19(11-23-14(2)24-20)25(13)12-16(21)8-9-22/h4-8,11H,9-10,12,22H2,1-3H3. The number of fused-ring (bicyclic) bond motifs is 1. The number of nitrogens with two attached hydrogens (primary N) is 1. The molecule has 2 N–H and O–H groups in total. The van der Waals surface area contributed by atoms with Gasteiger partial charge in [-0.2, -0.15) is 0 Å². The van der Waals surface area contributed by atoms with E-state index < -0.39 is 9.84 Å². The summed E-state index contributed by atoms with van der Waals surface area (Å²) >= 11 is 0. The van der Waals surface area contributed by atoms with Gasteiger partial charge in [-0.3, -0.25) is 0 Å². The van der Waals surface area contributed by atoms with E-state index in [1.807, 2.05) is 18.4 Å². The van der Waals surface area contributed by atoms with Gasteiger partial charge in [0.15, 0.2) is 9.84 Å². The average Bonchev–Trinajstić information content (AvgIpc) is 2.87. The minimum Gasteiger partial charge on any atom is -0.335 e. The van der Waals surface area contributed by atoms with Crippen LogP contribution < -0.4 is 5.73 Å². The molecule has 0 unspecified atom stereocenters. The molecule has 6 nitrogen and oxygen atoms in total. The molecule has 0 amide bonds. The molecule has 0 atom stereocenters. The molecule has 0 saturated carbocycles. The number of allylic oxidation sites excluding steroid dienone is 1. The van der Waals surface area contributed by atoms with Crippen molar-refractivity contribution in [1.82, 2.24) is 14.5 Å². The highest BCUT2D eigenvalue weighted by molar-refractivity contribution is 7.90. The number of benzene rings is 1. The molecular formula is C20H23FN4O2S. The fourth-order valence-corrected chi connectivity index (χ4v) is 3.85. The molecule has 3 aromatic rings. The van der Waals surface area contributed by atoms with Crippen molar-refractivity contribution in [3.63, 3.8) is 0 Å². The van der Waals surface area contributed by atoms with Crippen molar-refractivity contribution in [3.8, 4) is 0 Å². The van der Waals surface area contributed by atoms with Crippen molar-refractivity contribution in [2.24, 2.45) is 5.73 Å². The van der Waals surface area contributed by atoms with Crippen LogP contribution in [0, 0.1) is 13.8 Å². The van der Waals surface area contributed by atoms with E-state index in [1.165, 1.54) is 12.3 Å². The summed E-state index contributed by atoms with van der Waals surface area (Å²) in [6.45, 7) is 3.94. The summed E-state index contributed by atoms with van der Waals surface area (Å²) in [5.74, 6) is 0.323. The smallest absolute Gasteiger partial charge is 0.175 e. The Morgan fingerprint density at radius 1 is 1.25 bits per heavy atom. The van der Waals surface area contributed by atoms with Gasteiger partial charge in [0.2, 0.25) is 0 Å². The predicted octanol–water partition coefficient (Wildman–Crippen LogP) is 2.85. The van der Waals surface area contributed by atoms with Crippen LogP contribution in [0.4, 0.5) is 4.39 Å². The van der Waals surface area contributed by atoms with Crippen molar-refractivity contribution in [2.75, 3.05) is 12.8 Å². The molecule has 0 radical (unpaired) electrons. The normalized spacial score (nSPS) is 12.7. The highest BCUT2D eigenvalue weighted by Gasteiger charge is 2.18. The van der Waals surface area contributed by atoms with Gasteiger partial charge >= 0.3 is 0 Å². The molecule has 8 heteroatoms. The molecule has 2 heterocycles. The monoisotopic (exact) mass is 402 g/mol. The molecule has 0 aliphatic carbocycles. The number of sulfone groups is 1.